The third-order valence-corrected chi connectivity index (χ3v) is 6.85. The van der Waals surface area contributed by atoms with E-state index in [4.69, 9.17) is 5.73 Å². The zero-order valence-corrected chi connectivity index (χ0v) is 15.4. The van der Waals surface area contributed by atoms with Crippen LogP contribution in [0.2, 0.25) is 0 Å². The first-order chi connectivity index (χ1) is 12.6. The molecule has 26 heavy (non-hydrogen) atoms. The summed E-state index contributed by atoms with van der Waals surface area (Å²) in [6.07, 6.45) is 5.60. The van der Waals surface area contributed by atoms with E-state index in [-0.39, 0.29) is 17.9 Å². The Bertz CT molecular complexity index is 640. The number of nitrogens with zero attached hydrogens (tertiary/aromatic N) is 1. The molecule has 0 aromatic heterocycles. The van der Waals surface area contributed by atoms with Crippen LogP contribution in [0.15, 0.2) is 24.3 Å². The smallest absolute Gasteiger partial charge is 0.229 e. The molecule has 2 aliphatic carbocycles. The van der Waals surface area contributed by atoms with E-state index in [0.29, 0.717) is 24.4 Å². The van der Waals surface area contributed by atoms with Crippen molar-refractivity contribution in [1.29, 1.82) is 0 Å². The first-order valence-electron chi connectivity index (χ1n) is 10.1. The van der Waals surface area contributed by atoms with E-state index >= 15 is 0 Å². The molecule has 5 nitrogen and oxygen atoms in total. The number of hydrogen-bond acceptors (Lipinski definition) is 4. The Labute approximate surface area is 155 Å². The van der Waals surface area contributed by atoms with E-state index in [0.717, 1.165) is 51.0 Å². The number of carbonyl (C=O) groups excluding carboxylic acids is 1. The van der Waals surface area contributed by atoms with Crippen LogP contribution in [0.3, 0.4) is 0 Å². The fraction of sp³-hybridized carbons (Fsp3) is 0.667. The lowest BCUT2D eigenvalue weighted by Crippen LogP contribution is -2.42. The average molecular weight is 357 g/mol. The van der Waals surface area contributed by atoms with Crippen molar-refractivity contribution in [2.45, 2.75) is 44.7 Å². The molecule has 4 atom stereocenters. The van der Waals surface area contributed by atoms with Crippen LogP contribution in [0.1, 0.15) is 37.7 Å². The molecule has 3 aliphatic rings. The van der Waals surface area contributed by atoms with Crippen molar-refractivity contribution in [2.75, 3.05) is 25.0 Å². The summed E-state index contributed by atoms with van der Waals surface area (Å²) in [5, 5.41) is 12.4. The fourth-order valence-corrected chi connectivity index (χ4v) is 5.28. The van der Waals surface area contributed by atoms with Crippen LogP contribution in [0, 0.1) is 23.7 Å². The summed E-state index contributed by atoms with van der Waals surface area (Å²) in [6.45, 7) is 3.26. The Morgan fingerprint density at radius 2 is 1.96 bits per heavy atom. The van der Waals surface area contributed by atoms with Crippen molar-refractivity contribution >= 4 is 11.6 Å². The highest BCUT2D eigenvalue weighted by atomic mass is 16.3. The molecule has 2 bridgehead atoms. The minimum absolute atomic E-state index is 0.0186. The van der Waals surface area contributed by atoms with Crippen LogP contribution in [0.5, 0.6) is 0 Å². The number of anilines is 1. The van der Waals surface area contributed by atoms with Crippen molar-refractivity contribution in [1.82, 2.24) is 4.90 Å². The van der Waals surface area contributed by atoms with Crippen LogP contribution < -0.4 is 11.1 Å². The van der Waals surface area contributed by atoms with Crippen molar-refractivity contribution < 1.29 is 9.90 Å². The predicted octanol–water partition coefficient (Wildman–Crippen LogP) is 2.20. The van der Waals surface area contributed by atoms with Crippen LogP contribution in [-0.4, -0.2) is 41.7 Å². The molecule has 0 spiro atoms. The largest absolute Gasteiger partial charge is 0.396 e. The minimum atomic E-state index is -0.0186. The van der Waals surface area contributed by atoms with Crippen molar-refractivity contribution in [2.24, 2.45) is 29.4 Å². The SMILES string of the molecule is NC1C2CCC(C2)C1C(=O)Nc1cccc(CN2CCC(CO)CC2)c1. The third kappa shape index (κ3) is 3.66. The van der Waals surface area contributed by atoms with Gasteiger partial charge in [0.25, 0.3) is 0 Å². The van der Waals surface area contributed by atoms with Gasteiger partial charge in [-0.05, 0) is 80.6 Å². The van der Waals surface area contributed by atoms with Gasteiger partial charge in [0.15, 0.2) is 0 Å². The maximum atomic E-state index is 12.8. The van der Waals surface area contributed by atoms with E-state index in [1.165, 1.54) is 12.0 Å². The summed E-state index contributed by atoms with van der Waals surface area (Å²) < 4.78 is 0. The number of piperidine rings is 1. The molecule has 1 amide bonds. The van der Waals surface area contributed by atoms with E-state index in [1.54, 1.807) is 0 Å². The molecule has 1 aromatic carbocycles. The summed E-state index contributed by atoms with van der Waals surface area (Å²) in [5.74, 6) is 1.57. The number of carbonyl (C=O) groups is 1. The van der Waals surface area contributed by atoms with Gasteiger partial charge in [0.2, 0.25) is 5.91 Å². The highest BCUT2D eigenvalue weighted by Gasteiger charge is 2.49. The molecule has 3 fully saturated rings. The maximum absolute atomic E-state index is 12.8. The second kappa shape index (κ2) is 7.67. The predicted molar refractivity (Wildman–Crippen MR) is 102 cm³/mol. The lowest BCUT2D eigenvalue weighted by atomic mass is 9.84. The van der Waals surface area contributed by atoms with Crippen molar-refractivity contribution in [3.8, 4) is 0 Å². The lowest BCUT2D eigenvalue weighted by molar-refractivity contribution is -0.121. The van der Waals surface area contributed by atoms with Crippen LogP contribution in [-0.2, 0) is 11.3 Å². The molecule has 4 unspecified atom stereocenters. The number of nitrogens with two attached hydrogens (primary N) is 1. The normalized spacial score (nSPS) is 32.1. The lowest BCUT2D eigenvalue weighted by Gasteiger charge is -2.31. The van der Waals surface area contributed by atoms with Crippen LogP contribution >= 0.6 is 0 Å². The standard InChI is InChI=1S/C21H31N3O2/c22-20-17-5-4-16(11-17)19(20)21(26)23-18-3-1-2-15(10-18)12-24-8-6-14(13-25)7-9-24/h1-3,10,14,16-17,19-20,25H,4-9,11-13,22H2,(H,23,26). The van der Waals surface area contributed by atoms with E-state index in [1.807, 2.05) is 12.1 Å². The van der Waals surface area contributed by atoms with Gasteiger partial charge < -0.3 is 16.2 Å². The zero-order valence-electron chi connectivity index (χ0n) is 15.4. The third-order valence-electron chi connectivity index (χ3n) is 6.85. The van der Waals surface area contributed by atoms with Gasteiger partial charge in [0.1, 0.15) is 0 Å². The van der Waals surface area contributed by atoms with Crippen LogP contribution in [0.25, 0.3) is 0 Å². The molecule has 1 aromatic rings. The molecular formula is C21H31N3O2. The van der Waals surface area contributed by atoms with Crippen molar-refractivity contribution in [3.63, 3.8) is 0 Å². The number of nitrogens with one attached hydrogen (secondary N) is 1. The first kappa shape index (κ1) is 18.0. The Morgan fingerprint density at radius 3 is 2.65 bits per heavy atom. The molecule has 0 radical (unpaired) electrons. The summed E-state index contributed by atoms with van der Waals surface area (Å²) >= 11 is 0. The number of hydrogen-bond donors (Lipinski definition) is 3. The molecule has 5 heteroatoms. The molecular weight excluding hydrogens is 326 g/mol. The summed E-state index contributed by atoms with van der Waals surface area (Å²) in [4.78, 5) is 15.2. The highest BCUT2D eigenvalue weighted by molar-refractivity contribution is 5.93. The van der Waals surface area contributed by atoms with E-state index < -0.39 is 0 Å². The number of rotatable bonds is 5. The fourth-order valence-electron chi connectivity index (χ4n) is 5.28. The Morgan fingerprint density at radius 1 is 1.19 bits per heavy atom. The topological polar surface area (TPSA) is 78.6 Å². The number of likely N-dealkylation sites (tertiary alicyclic amines) is 1. The van der Waals surface area contributed by atoms with Gasteiger partial charge in [0.05, 0.1) is 5.92 Å². The van der Waals surface area contributed by atoms with Crippen LogP contribution in [0.4, 0.5) is 5.69 Å². The highest BCUT2D eigenvalue weighted by Crippen LogP contribution is 2.47. The van der Waals surface area contributed by atoms with E-state index in [9.17, 15) is 9.90 Å². The van der Waals surface area contributed by atoms with Gasteiger partial charge >= 0.3 is 0 Å². The van der Waals surface area contributed by atoms with Gasteiger partial charge in [-0.2, -0.15) is 0 Å². The maximum Gasteiger partial charge on any atom is 0.229 e. The summed E-state index contributed by atoms with van der Waals surface area (Å²) in [6, 6.07) is 8.24. The molecule has 1 heterocycles. The van der Waals surface area contributed by atoms with Gasteiger partial charge in [-0.3, -0.25) is 9.69 Å². The Kier molecular flexibility index (Phi) is 5.30. The quantitative estimate of drug-likeness (QED) is 0.755. The number of benzene rings is 1. The monoisotopic (exact) mass is 357 g/mol. The Balaban J connectivity index is 1.35. The number of fused-ring (bicyclic) bond motifs is 2. The molecule has 1 aliphatic heterocycles. The van der Waals surface area contributed by atoms with Gasteiger partial charge in [-0.25, -0.2) is 0 Å². The second-order valence-corrected chi connectivity index (χ2v) is 8.53. The second-order valence-electron chi connectivity index (χ2n) is 8.53. The van der Waals surface area contributed by atoms with Crippen molar-refractivity contribution in [3.05, 3.63) is 29.8 Å². The molecule has 2 saturated carbocycles. The van der Waals surface area contributed by atoms with E-state index in [2.05, 4.69) is 22.3 Å². The molecule has 4 N–H and O–H groups in total. The Hall–Kier alpha value is -1.43. The van der Waals surface area contributed by atoms with Gasteiger partial charge in [-0.1, -0.05) is 12.1 Å². The van der Waals surface area contributed by atoms with Gasteiger partial charge in [0, 0.05) is 24.9 Å². The molecule has 142 valence electrons. The minimum Gasteiger partial charge on any atom is -0.396 e. The number of aliphatic hydroxyl groups is 1. The van der Waals surface area contributed by atoms with Gasteiger partial charge in [-0.15, -0.1) is 0 Å². The number of aliphatic hydroxyl groups excluding tert-OH is 1. The summed E-state index contributed by atoms with van der Waals surface area (Å²) in [7, 11) is 0. The number of amides is 1. The summed E-state index contributed by atoms with van der Waals surface area (Å²) in [5.41, 5.74) is 8.42. The average Bonchev–Trinajstić information content (AvgIpc) is 3.24. The molecule has 4 rings (SSSR count). The molecule has 1 saturated heterocycles. The first-order valence-corrected chi connectivity index (χ1v) is 10.1. The zero-order chi connectivity index (χ0) is 18.1.